The van der Waals surface area contributed by atoms with Crippen LogP contribution in [-0.2, 0) is 22.5 Å². The molecule has 3 aromatic rings. The molecule has 0 bridgehead atoms. The number of fused-ring (bicyclic) bond motifs is 5. The molecule has 2 aliphatic heterocycles. The Bertz CT molecular complexity index is 1150. The molecule has 5 heterocycles. The van der Waals surface area contributed by atoms with Crippen molar-refractivity contribution in [2.75, 3.05) is 37.0 Å². The Morgan fingerprint density at radius 3 is 2.90 bits per heavy atom. The molecule has 30 heavy (non-hydrogen) atoms. The third-order valence-electron chi connectivity index (χ3n) is 5.54. The standard InChI is InChI=1S/C21H23N5O2S2/c1-21(2)10-13-14(11-28-21)18(26-5-7-27-8-6-26)25-19-15(13)16-17(30-19)20(24-12-23-16)29-9-3-4-22/h12H,3,5-11H2,1-2H3. The van der Waals surface area contributed by atoms with Gasteiger partial charge < -0.3 is 14.4 Å². The lowest BCUT2D eigenvalue weighted by atomic mass is 9.90. The fourth-order valence-corrected chi connectivity index (χ4v) is 6.18. The van der Waals surface area contributed by atoms with Gasteiger partial charge in [-0.1, -0.05) is 0 Å². The summed E-state index contributed by atoms with van der Waals surface area (Å²) in [7, 11) is 0. The van der Waals surface area contributed by atoms with Crippen LogP contribution < -0.4 is 4.90 Å². The molecule has 1 fully saturated rings. The van der Waals surface area contributed by atoms with Gasteiger partial charge in [-0.2, -0.15) is 5.26 Å². The second kappa shape index (κ2) is 7.93. The number of morpholine rings is 1. The number of thiophene rings is 1. The Labute approximate surface area is 183 Å². The Morgan fingerprint density at radius 1 is 1.27 bits per heavy atom. The molecule has 0 radical (unpaired) electrons. The van der Waals surface area contributed by atoms with Crippen LogP contribution in [0.2, 0.25) is 0 Å². The van der Waals surface area contributed by atoms with Crippen molar-refractivity contribution in [2.45, 2.75) is 43.9 Å². The van der Waals surface area contributed by atoms with E-state index in [-0.39, 0.29) is 5.60 Å². The smallest absolute Gasteiger partial charge is 0.136 e. The van der Waals surface area contributed by atoms with Crippen LogP contribution in [-0.4, -0.2) is 52.6 Å². The number of hydrogen-bond acceptors (Lipinski definition) is 9. The number of nitrogens with zero attached hydrogens (tertiary/aromatic N) is 5. The van der Waals surface area contributed by atoms with Gasteiger partial charge in [-0.3, -0.25) is 0 Å². The number of hydrogen-bond donors (Lipinski definition) is 0. The zero-order valence-corrected chi connectivity index (χ0v) is 18.7. The molecular weight excluding hydrogens is 418 g/mol. The minimum atomic E-state index is -0.227. The summed E-state index contributed by atoms with van der Waals surface area (Å²) in [4.78, 5) is 17.6. The average Bonchev–Trinajstić information content (AvgIpc) is 3.13. The first-order chi connectivity index (χ1) is 14.6. The highest BCUT2D eigenvalue weighted by atomic mass is 32.2. The quantitative estimate of drug-likeness (QED) is 0.342. The Balaban J connectivity index is 1.72. The summed E-state index contributed by atoms with van der Waals surface area (Å²) < 4.78 is 12.8. The van der Waals surface area contributed by atoms with E-state index in [2.05, 4.69) is 34.8 Å². The number of pyridine rings is 1. The van der Waals surface area contributed by atoms with Gasteiger partial charge in [0.2, 0.25) is 0 Å². The number of thioether (sulfide) groups is 1. The summed E-state index contributed by atoms with van der Waals surface area (Å²) in [6.07, 6.45) is 2.96. The highest BCUT2D eigenvalue weighted by Gasteiger charge is 2.33. The van der Waals surface area contributed by atoms with E-state index in [0.29, 0.717) is 13.0 Å². The van der Waals surface area contributed by atoms with Crippen molar-refractivity contribution in [2.24, 2.45) is 0 Å². The van der Waals surface area contributed by atoms with E-state index < -0.39 is 0 Å². The lowest BCUT2D eigenvalue weighted by Crippen LogP contribution is -2.39. The molecule has 0 N–H and O–H groups in total. The predicted octanol–water partition coefficient (Wildman–Crippen LogP) is 3.93. The average molecular weight is 442 g/mol. The molecule has 156 valence electrons. The highest BCUT2D eigenvalue weighted by Crippen LogP contribution is 2.44. The molecule has 3 aromatic heterocycles. The van der Waals surface area contributed by atoms with Gasteiger partial charge in [-0.05, 0) is 19.4 Å². The largest absolute Gasteiger partial charge is 0.378 e. The number of rotatable bonds is 4. The summed E-state index contributed by atoms with van der Waals surface area (Å²) in [6, 6.07) is 2.20. The van der Waals surface area contributed by atoms with Gasteiger partial charge in [0, 0.05) is 42.6 Å². The van der Waals surface area contributed by atoms with E-state index in [0.717, 1.165) is 69.8 Å². The van der Waals surface area contributed by atoms with Crippen molar-refractivity contribution in [3.05, 3.63) is 17.5 Å². The van der Waals surface area contributed by atoms with Crippen molar-refractivity contribution < 1.29 is 9.47 Å². The van der Waals surface area contributed by atoms with Crippen molar-refractivity contribution in [3.8, 4) is 6.07 Å². The third-order valence-corrected chi connectivity index (χ3v) is 7.74. The predicted molar refractivity (Wildman–Crippen MR) is 119 cm³/mol. The van der Waals surface area contributed by atoms with E-state index in [4.69, 9.17) is 19.7 Å². The monoisotopic (exact) mass is 441 g/mol. The van der Waals surface area contributed by atoms with Crippen molar-refractivity contribution in [3.63, 3.8) is 0 Å². The lowest BCUT2D eigenvalue weighted by molar-refractivity contribution is -0.0396. The number of aromatic nitrogens is 3. The number of anilines is 1. The van der Waals surface area contributed by atoms with E-state index >= 15 is 0 Å². The second-order valence-electron chi connectivity index (χ2n) is 8.11. The molecule has 0 saturated carbocycles. The molecular formula is C21H23N5O2S2. The SMILES string of the molecule is CC1(C)Cc2c(c(N3CCOCC3)nc3sc4c(SCCC#N)ncnc4c23)CO1. The van der Waals surface area contributed by atoms with Gasteiger partial charge >= 0.3 is 0 Å². The first-order valence-corrected chi connectivity index (χ1v) is 11.9. The lowest BCUT2D eigenvalue weighted by Gasteiger charge is -2.36. The minimum Gasteiger partial charge on any atom is -0.378 e. The molecule has 0 aromatic carbocycles. The van der Waals surface area contributed by atoms with E-state index in [9.17, 15) is 0 Å². The highest BCUT2D eigenvalue weighted by molar-refractivity contribution is 7.99. The maximum atomic E-state index is 8.88. The second-order valence-corrected chi connectivity index (χ2v) is 10.2. The van der Waals surface area contributed by atoms with E-state index in [1.807, 2.05) is 0 Å². The molecule has 5 rings (SSSR count). The van der Waals surface area contributed by atoms with Gasteiger partial charge in [0.25, 0.3) is 0 Å². The van der Waals surface area contributed by atoms with E-state index in [1.165, 1.54) is 11.1 Å². The van der Waals surface area contributed by atoms with Crippen molar-refractivity contribution >= 4 is 49.3 Å². The van der Waals surface area contributed by atoms with E-state index in [1.54, 1.807) is 29.4 Å². The fourth-order valence-electron chi connectivity index (χ4n) is 4.10. The Kier molecular flexibility index (Phi) is 5.27. The van der Waals surface area contributed by atoms with Gasteiger partial charge in [0.15, 0.2) is 0 Å². The summed E-state index contributed by atoms with van der Waals surface area (Å²) >= 11 is 3.28. The fraction of sp³-hybridized carbons (Fsp3) is 0.524. The van der Waals surface area contributed by atoms with Crippen LogP contribution in [0.5, 0.6) is 0 Å². The van der Waals surface area contributed by atoms with Crippen molar-refractivity contribution in [1.29, 1.82) is 5.26 Å². The molecule has 0 amide bonds. The number of ether oxygens (including phenoxy) is 2. The van der Waals surface area contributed by atoms with Gasteiger partial charge in [-0.15, -0.1) is 23.1 Å². The first kappa shape index (κ1) is 19.9. The molecule has 0 aliphatic carbocycles. The maximum Gasteiger partial charge on any atom is 0.136 e. The van der Waals surface area contributed by atoms with Gasteiger partial charge in [0.05, 0.1) is 41.7 Å². The zero-order valence-electron chi connectivity index (χ0n) is 17.1. The van der Waals surface area contributed by atoms with Gasteiger partial charge in [0.1, 0.15) is 22.0 Å². The summed E-state index contributed by atoms with van der Waals surface area (Å²) in [5.41, 5.74) is 3.23. The topological polar surface area (TPSA) is 84.2 Å². The van der Waals surface area contributed by atoms with Crippen LogP contribution in [0, 0.1) is 11.3 Å². The van der Waals surface area contributed by atoms with Crippen LogP contribution in [0.15, 0.2) is 11.4 Å². The minimum absolute atomic E-state index is 0.227. The van der Waals surface area contributed by atoms with Crippen LogP contribution in [0.3, 0.4) is 0 Å². The summed E-state index contributed by atoms with van der Waals surface area (Å²) in [5.74, 6) is 1.75. The van der Waals surface area contributed by atoms with Gasteiger partial charge in [-0.25, -0.2) is 15.0 Å². The van der Waals surface area contributed by atoms with Crippen LogP contribution >= 0.6 is 23.1 Å². The molecule has 2 aliphatic rings. The summed E-state index contributed by atoms with van der Waals surface area (Å²) in [5, 5.41) is 11.0. The third kappa shape index (κ3) is 3.52. The molecule has 1 saturated heterocycles. The Morgan fingerprint density at radius 2 is 2.10 bits per heavy atom. The van der Waals surface area contributed by atoms with Crippen LogP contribution in [0.25, 0.3) is 20.4 Å². The molecule has 7 nitrogen and oxygen atoms in total. The molecule has 0 unspecified atom stereocenters. The summed E-state index contributed by atoms with van der Waals surface area (Å²) in [6.45, 7) is 7.97. The molecule has 0 spiro atoms. The first-order valence-electron chi connectivity index (χ1n) is 10.1. The zero-order chi connectivity index (χ0) is 20.7. The molecule has 9 heteroatoms. The van der Waals surface area contributed by atoms with Crippen LogP contribution in [0.4, 0.5) is 5.82 Å². The maximum absolute atomic E-state index is 8.88. The van der Waals surface area contributed by atoms with Crippen LogP contribution in [0.1, 0.15) is 31.4 Å². The number of nitriles is 1. The molecule has 0 atom stereocenters. The van der Waals surface area contributed by atoms with Crippen molar-refractivity contribution in [1.82, 2.24) is 15.0 Å². The normalized spacial score (nSPS) is 18.5. The Hall–Kier alpha value is -1.99.